The Labute approximate surface area is 168 Å². The Bertz CT molecular complexity index is 830. The molecule has 0 bridgehead atoms. The van der Waals surface area contributed by atoms with Gasteiger partial charge in [-0.1, -0.05) is 15.9 Å². The lowest BCUT2D eigenvalue weighted by molar-refractivity contribution is -0.113. The van der Waals surface area contributed by atoms with E-state index in [2.05, 4.69) is 21.2 Å². The molecule has 0 aliphatic rings. The average Bonchev–Trinajstić information content (AvgIpc) is 2.91. The number of rotatable bonds is 7. The monoisotopic (exact) mass is 455 g/mol. The molecular weight excluding hydrogens is 438 g/mol. The number of halogens is 1. The highest BCUT2D eigenvalue weighted by atomic mass is 79.9. The van der Waals surface area contributed by atoms with Gasteiger partial charge in [0.05, 0.1) is 22.8 Å². The Morgan fingerprint density at radius 1 is 1.23 bits per heavy atom. The standard InChI is InChI=1S/C18H18BrNO4S2/c1-4-24-18(23)15-10(2)16(11(3)21)26-17(15)20-14(22)9-25-13-7-5-12(19)6-8-13/h5-8H,4,9H2,1-3H3,(H,20,22). The number of hydrogen-bond acceptors (Lipinski definition) is 6. The summed E-state index contributed by atoms with van der Waals surface area (Å²) >= 11 is 5.86. The van der Waals surface area contributed by atoms with Crippen LogP contribution in [0.25, 0.3) is 0 Å². The maximum atomic E-state index is 12.3. The lowest BCUT2D eigenvalue weighted by Gasteiger charge is -2.07. The summed E-state index contributed by atoms with van der Waals surface area (Å²) in [6, 6.07) is 7.63. The Balaban J connectivity index is 2.15. The zero-order chi connectivity index (χ0) is 19.3. The van der Waals surface area contributed by atoms with Crippen LogP contribution in [0.5, 0.6) is 0 Å². The molecule has 138 valence electrons. The van der Waals surface area contributed by atoms with Crippen LogP contribution in [0.4, 0.5) is 5.00 Å². The molecule has 1 aromatic heterocycles. The number of anilines is 1. The summed E-state index contributed by atoms with van der Waals surface area (Å²) in [6.07, 6.45) is 0. The van der Waals surface area contributed by atoms with E-state index in [4.69, 9.17) is 4.74 Å². The van der Waals surface area contributed by atoms with Gasteiger partial charge in [-0.15, -0.1) is 23.1 Å². The van der Waals surface area contributed by atoms with E-state index in [1.807, 2.05) is 24.3 Å². The largest absolute Gasteiger partial charge is 0.462 e. The molecule has 1 N–H and O–H groups in total. The molecule has 5 nitrogen and oxygen atoms in total. The first kappa shape index (κ1) is 20.7. The van der Waals surface area contributed by atoms with Gasteiger partial charge in [0.1, 0.15) is 5.00 Å². The fourth-order valence-corrected chi connectivity index (χ4v) is 4.30. The van der Waals surface area contributed by atoms with E-state index in [9.17, 15) is 14.4 Å². The lowest BCUT2D eigenvalue weighted by Crippen LogP contribution is -2.16. The maximum absolute atomic E-state index is 12.3. The summed E-state index contributed by atoms with van der Waals surface area (Å²) in [5.74, 6) is -0.747. The summed E-state index contributed by atoms with van der Waals surface area (Å²) in [5, 5.41) is 3.10. The number of esters is 1. The first-order valence-corrected chi connectivity index (χ1v) is 10.4. The van der Waals surface area contributed by atoms with Gasteiger partial charge in [-0.2, -0.15) is 0 Å². The van der Waals surface area contributed by atoms with Crippen LogP contribution in [0.2, 0.25) is 0 Å². The van der Waals surface area contributed by atoms with Crippen LogP contribution < -0.4 is 5.32 Å². The number of carbonyl (C=O) groups is 3. The highest BCUT2D eigenvalue weighted by molar-refractivity contribution is 9.10. The number of ketones is 1. The second-order valence-corrected chi connectivity index (χ2v) is 8.31. The van der Waals surface area contributed by atoms with Crippen LogP contribution in [0.3, 0.4) is 0 Å². The molecular formula is C18H18BrNO4S2. The van der Waals surface area contributed by atoms with Crippen molar-refractivity contribution in [1.82, 2.24) is 0 Å². The molecule has 0 aliphatic carbocycles. The highest BCUT2D eigenvalue weighted by Crippen LogP contribution is 2.34. The maximum Gasteiger partial charge on any atom is 0.341 e. The predicted molar refractivity (Wildman–Crippen MR) is 109 cm³/mol. The topological polar surface area (TPSA) is 72.5 Å². The van der Waals surface area contributed by atoms with Crippen LogP contribution in [0, 0.1) is 6.92 Å². The van der Waals surface area contributed by atoms with Crippen LogP contribution in [-0.4, -0.2) is 30.0 Å². The van der Waals surface area contributed by atoms with Gasteiger partial charge in [-0.3, -0.25) is 9.59 Å². The van der Waals surface area contributed by atoms with Crippen molar-refractivity contribution in [3.8, 4) is 0 Å². The fraction of sp³-hybridized carbons (Fsp3) is 0.278. The van der Waals surface area contributed by atoms with Crippen molar-refractivity contribution in [3.05, 3.63) is 44.7 Å². The minimum absolute atomic E-state index is 0.150. The molecule has 2 aromatic rings. The van der Waals surface area contributed by atoms with Crippen molar-refractivity contribution in [2.45, 2.75) is 25.7 Å². The number of carbonyl (C=O) groups excluding carboxylic acids is 3. The van der Waals surface area contributed by atoms with E-state index in [1.165, 1.54) is 18.7 Å². The summed E-state index contributed by atoms with van der Waals surface area (Å²) in [6.45, 7) is 5.05. The van der Waals surface area contributed by atoms with Crippen molar-refractivity contribution < 1.29 is 19.1 Å². The fourth-order valence-electron chi connectivity index (χ4n) is 2.23. The third-order valence-corrected chi connectivity index (χ3v) is 6.23. The van der Waals surface area contributed by atoms with Gasteiger partial charge in [0.2, 0.25) is 5.91 Å². The van der Waals surface area contributed by atoms with E-state index >= 15 is 0 Å². The summed E-state index contributed by atoms with van der Waals surface area (Å²) < 4.78 is 6.03. The minimum Gasteiger partial charge on any atom is -0.462 e. The SMILES string of the molecule is CCOC(=O)c1c(NC(=O)CSc2ccc(Br)cc2)sc(C(C)=O)c1C. The molecule has 1 heterocycles. The second-order valence-electron chi connectivity index (χ2n) is 5.33. The molecule has 0 fully saturated rings. The molecule has 0 spiro atoms. The lowest BCUT2D eigenvalue weighted by atomic mass is 10.1. The molecule has 8 heteroatoms. The Kier molecular flexibility index (Phi) is 7.43. The van der Waals surface area contributed by atoms with E-state index in [-0.39, 0.29) is 29.6 Å². The Morgan fingerprint density at radius 2 is 1.88 bits per heavy atom. The van der Waals surface area contributed by atoms with Crippen LogP contribution >= 0.6 is 39.0 Å². The smallest absolute Gasteiger partial charge is 0.341 e. The summed E-state index contributed by atoms with van der Waals surface area (Å²) in [7, 11) is 0. The second kappa shape index (κ2) is 9.34. The van der Waals surface area contributed by atoms with E-state index < -0.39 is 5.97 Å². The molecule has 2 rings (SSSR count). The van der Waals surface area contributed by atoms with Gasteiger partial charge in [0.25, 0.3) is 0 Å². The van der Waals surface area contributed by atoms with Gasteiger partial charge in [-0.25, -0.2) is 4.79 Å². The summed E-state index contributed by atoms with van der Waals surface area (Å²) in [5.41, 5.74) is 0.792. The van der Waals surface area contributed by atoms with E-state index in [0.717, 1.165) is 20.7 Å². The molecule has 0 saturated heterocycles. The first-order chi connectivity index (χ1) is 12.3. The molecule has 0 unspecified atom stereocenters. The number of ether oxygens (including phenoxy) is 1. The first-order valence-electron chi connectivity index (χ1n) is 7.83. The Morgan fingerprint density at radius 3 is 2.46 bits per heavy atom. The Hall–Kier alpha value is -1.64. The van der Waals surface area contributed by atoms with Gasteiger partial charge >= 0.3 is 5.97 Å². The van der Waals surface area contributed by atoms with Crippen LogP contribution in [-0.2, 0) is 9.53 Å². The van der Waals surface area contributed by atoms with Gasteiger partial charge in [-0.05, 0) is 50.6 Å². The van der Waals surface area contributed by atoms with Crippen molar-refractivity contribution >= 4 is 61.7 Å². The average molecular weight is 456 g/mol. The molecule has 0 atom stereocenters. The number of thiophene rings is 1. The quantitative estimate of drug-likeness (QED) is 0.364. The molecule has 0 saturated carbocycles. The third kappa shape index (κ3) is 5.18. The van der Waals surface area contributed by atoms with Gasteiger partial charge in [0, 0.05) is 9.37 Å². The number of Topliss-reactive ketones (excluding diaryl/α,β-unsaturated/α-hetero) is 1. The number of nitrogens with one attached hydrogen (secondary N) is 1. The van der Waals surface area contributed by atoms with Crippen LogP contribution in [0.15, 0.2) is 33.6 Å². The van der Waals surface area contributed by atoms with Crippen molar-refractivity contribution in [1.29, 1.82) is 0 Å². The van der Waals surface area contributed by atoms with Crippen LogP contribution in [0.1, 0.15) is 39.4 Å². The van der Waals surface area contributed by atoms with Gasteiger partial charge in [0.15, 0.2) is 5.78 Å². The molecule has 0 aliphatic heterocycles. The third-order valence-electron chi connectivity index (χ3n) is 3.38. The number of benzene rings is 1. The molecule has 0 radical (unpaired) electrons. The van der Waals surface area contributed by atoms with E-state index in [1.54, 1.807) is 13.8 Å². The van der Waals surface area contributed by atoms with E-state index in [0.29, 0.717) is 15.4 Å². The molecule has 26 heavy (non-hydrogen) atoms. The van der Waals surface area contributed by atoms with Crippen molar-refractivity contribution in [2.75, 3.05) is 17.7 Å². The molecule has 1 aromatic carbocycles. The zero-order valence-corrected chi connectivity index (χ0v) is 17.8. The predicted octanol–water partition coefficient (Wildman–Crippen LogP) is 4.93. The van der Waals surface area contributed by atoms with Crippen molar-refractivity contribution in [3.63, 3.8) is 0 Å². The zero-order valence-electron chi connectivity index (χ0n) is 14.6. The van der Waals surface area contributed by atoms with Crippen molar-refractivity contribution in [2.24, 2.45) is 0 Å². The molecule has 1 amide bonds. The normalized spacial score (nSPS) is 10.5. The van der Waals surface area contributed by atoms with Gasteiger partial charge < -0.3 is 10.1 Å². The minimum atomic E-state index is -0.537. The number of hydrogen-bond donors (Lipinski definition) is 1. The number of amides is 1. The number of thioether (sulfide) groups is 1. The highest BCUT2D eigenvalue weighted by Gasteiger charge is 2.25. The summed E-state index contributed by atoms with van der Waals surface area (Å²) in [4.78, 5) is 37.7.